The van der Waals surface area contributed by atoms with E-state index in [2.05, 4.69) is 23.3 Å². The van der Waals surface area contributed by atoms with Crippen LogP contribution in [0.5, 0.6) is 0 Å². The minimum atomic E-state index is -1.54. The molecular weight excluding hydrogens is 483 g/mol. The lowest BCUT2D eigenvalue weighted by atomic mass is 9.79. The summed E-state index contributed by atoms with van der Waals surface area (Å²) in [6.07, 6.45) is 1.75. The Hall–Kier alpha value is -3.72. The van der Waals surface area contributed by atoms with Crippen molar-refractivity contribution >= 4 is 57.3 Å². The Bertz CT molecular complexity index is 1540. The van der Waals surface area contributed by atoms with E-state index in [9.17, 15) is 19.9 Å². The molecule has 8 heteroatoms. The molecule has 6 nitrogen and oxygen atoms in total. The van der Waals surface area contributed by atoms with E-state index >= 15 is 0 Å². The predicted octanol–water partition coefficient (Wildman–Crippen LogP) is 3.70. The van der Waals surface area contributed by atoms with Gasteiger partial charge in [-0.15, -0.1) is 0 Å². The van der Waals surface area contributed by atoms with Gasteiger partial charge in [0.05, 0.1) is 11.1 Å². The molecule has 3 aromatic carbocycles. The Morgan fingerprint density at radius 1 is 0.973 bits per heavy atom. The Morgan fingerprint density at radius 3 is 2.38 bits per heavy atom. The third-order valence-electron chi connectivity index (χ3n) is 6.74. The predicted molar refractivity (Wildman–Crippen MR) is 150 cm³/mol. The Kier molecular flexibility index (Phi) is 6.97. The van der Waals surface area contributed by atoms with Crippen LogP contribution in [0.15, 0.2) is 84.1 Å². The van der Waals surface area contributed by atoms with E-state index in [1.807, 2.05) is 54.6 Å². The SMILES string of the molecule is CCN(CC)c1ccc(C2=C(O)C(=Cc3sc4ccccc4[n+]3Cc3cccc(B(O)O)c3)C2=O)cc1. The molecule has 37 heavy (non-hydrogen) atoms. The number of rotatable bonds is 8. The molecule has 0 saturated carbocycles. The fourth-order valence-electron chi connectivity index (χ4n) is 4.73. The van der Waals surface area contributed by atoms with E-state index in [1.54, 1.807) is 24.3 Å². The van der Waals surface area contributed by atoms with E-state index in [-0.39, 0.29) is 11.5 Å². The summed E-state index contributed by atoms with van der Waals surface area (Å²) in [5.41, 5.74) is 4.74. The summed E-state index contributed by atoms with van der Waals surface area (Å²) in [7, 11) is -1.54. The second kappa shape index (κ2) is 10.3. The number of hydrogen-bond acceptors (Lipinski definition) is 6. The molecule has 1 aliphatic carbocycles. The molecule has 1 aliphatic rings. The van der Waals surface area contributed by atoms with Crippen LogP contribution in [0, 0.1) is 0 Å². The number of carbonyl (C=O) groups is 1. The lowest BCUT2D eigenvalue weighted by molar-refractivity contribution is -0.659. The molecule has 0 unspecified atom stereocenters. The zero-order chi connectivity index (χ0) is 26.1. The lowest BCUT2D eigenvalue weighted by Crippen LogP contribution is -2.37. The van der Waals surface area contributed by atoms with Crippen LogP contribution < -0.4 is 14.9 Å². The van der Waals surface area contributed by atoms with Crippen LogP contribution in [-0.4, -0.2) is 41.1 Å². The highest BCUT2D eigenvalue weighted by molar-refractivity contribution is 7.18. The molecule has 5 rings (SSSR count). The highest BCUT2D eigenvalue weighted by Crippen LogP contribution is 2.38. The van der Waals surface area contributed by atoms with Gasteiger partial charge in [0.25, 0.3) is 5.01 Å². The first-order valence-electron chi connectivity index (χ1n) is 12.3. The first kappa shape index (κ1) is 25.0. The number of aliphatic hydroxyl groups excluding tert-OH is 1. The largest absolute Gasteiger partial charge is 0.506 e. The zero-order valence-electron chi connectivity index (χ0n) is 20.8. The number of nitrogens with zero attached hydrogens (tertiary/aromatic N) is 2. The molecule has 0 saturated heterocycles. The minimum Gasteiger partial charge on any atom is -0.506 e. The number of fused-ring (bicyclic) bond motifs is 1. The monoisotopic (exact) mass is 511 g/mol. The highest BCUT2D eigenvalue weighted by Gasteiger charge is 2.36. The van der Waals surface area contributed by atoms with Gasteiger partial charge in [0.1, 0.15) is 10.5 Å². The first-order chi connectivity index (χ1) is 17.9. The summed E-state index contributed by atoms with van der Waals surface area (Å²) in [6, 6.07) is 22.8. The molecule has 4 aromatic rings. The van der Waals surface area contributed by atoms with Crippen molar-refractivity contribution in [1.29, 1.82) is 0 Å². The molecule has 1 aromatic heterocycles. The normalized spacial score (nSPS) is 14.4. The standard InChI is InChI=1S/C29H27BN2O4S/c1-3-31(4-2)22-14-12-20(13-15-22)27-28(33)23(29(27)34)17-26-32(24-10-5-6-11-25(24)37-26)18-19-8-7-9-21(16-19)30(35)36/h5-17,35-36H,3-4,18H2,1-2H3/p+1. The number of aliphatic hydroxyl groups is 1. The quantitative estimate of drug-likeness (QED) is 0.191. The number of benzene rings is 3. The molecule has 0 radical (unpaired) electrons. The lowest BCUT2D eigenvalue weighted by Gasteiger charge is -2.23. The summed E-state index contributed by atoms with van der Waals surface area (Å²) in [5, 5.41) is 30.9. The molecule has 1 heterocycles. The van der Waals surface area contributed by atoms with Gasteiger partial charge < -0.3 is 20.1 Å². The molecule has 3 N–H and O–H groups in total. The summed E-state index contributed by atoms with van der Waals surface area (Å²) < 4.78 is 3.13. The zero-order valence-corrected chi connectivity index (χ0v) is 21.6. The number of carbonyl (C=O) groups excluding carboxylic acids is 1. The van der Waals surface area contributed by atoms with Gasteiger partial charge in [-0.2, -0.15) is 4.57 Å². The number of anilines is 1. The van der Waals surface area contributed by atoms with Gasteiger partial charge in [0.15, 0.2) is 6.54 Å². The van der Waals surface area contributed by atoms with E-state index in [0.717, 1.165) is 39.6 Å². The fraction of sp³-hybridized carbons (Fsp3) is 0.172. The maximum atomic E-state index is 13.2. The van der Waals surface area contributed by atoms with Gasteiger partial charge in [-0.1, -0.05) is 59.9 Å². The van der Waals surface area contributed by atoms with Gasteiger partial charge in [-0.25, -0.2) is 0 Å². The molecule has 0 spiro atoms. The van der Waals surface area contributed by atoms with Crippen LogP contribution >= 0.6 is 11.3 Å². The van der Waals surface area contributed by atoms with Crippen molar-refractivity contribution in [2.45, 2.75) is 20.4 Å². The maximum absolute atomic E-state index is 13.2. The summed E-state index contributed by atoms with van der Waals surface area (Å²) in [5.74, 6) is -0.169. The van der Waals surface area contributed by atoms with Crippen molar-refractivity contribution in [3.63, 3.8) is 0 Å². The van der Waals surface area contributed by atoms with Crippen LogP contribution in [0.2, 0.25) is 0 Å². The van der Waals surface area contributed by atoms with Crippen molar-refractivity contribution < 1.29 is 24.5 Å². The average Bonchev–Trinajstić information content (AvgIpc) is 3.26. The van der Waals surface area contributed by atoms with E-state index in [4.69, 9.17) is 0 Å². The Balaban J connectivity index is 1.50. The number of aromatic nitrogens is 1. The van der Waals surface area contributed by atoms with E-state index in [0.29, 0.717) is 28.7 Å². The van der Waals surface area contributed by atoms with Gasteiger partial charge in [0, 0.05) is 36.5 Å². The van der Waals surface area contributed by atoms with Crippen molar-refractivity contribution in [1.82, 2.24) is 0 Å². The number of para-hydroxylation sites is 1. The summed E-state index contributed by atoms with van der Waals surface area (Å²) in [4.78, 5) is 15.4. The van der Waals surface area contributed by atoms with Crippen molar-refractivity contribution in [2.24, 2.45) is 0 Å². The number of thiazole rings is 1. The highest BCUT2D eigenvalue weighted by atomic mass is 32.1. The third kappa shape index (κ3) is 4.71. The van der Waals surface area contributed by atoms with Crippen LogP contribution in [0.3, 0.4) is 0 Å². The van der Waals surface area contributed by atoms with Crippen molar-refractivity contribution in [3.8, 4) is 0 Å². The number of hydrogen-bond donors (Lipinski definition) is 3. The van der Waals surface area contributed by atoms with Gasteiger partial charge in [0.2, 0.25) is 11.3 Å². The topological polar surface area (TPSA) is 84.9 Å². The van der Waals surface area contributed by atoms with Crippen LogP contribution in [0.4, 0.5) is 5.69 Å². The molecule has 0 bridgehead atoms. The second-order valence-electron chi connectivity index (χ2n) is 8.94. The molecule has 0 fully saturated rings. The van der Waals surface area contributed by atoms with Crippen molar-refractivity contribution in [2.75, 3.05) is 18.0 Å². The molecule has 0 aliphatic heterocycles. The van der Waals surface area contributed by atoms with Crippen LogP contribution in [0.25, 0.3) is 21.9 Å². The molecule has 186 valence electrons. The van der Waals surface area contributed by atoms with E-state index in [1.165, 1.54) is 11.3 Å². The first-order valence-corrected chi connectivity index (χ1v) is 13.1. The average molecular weight is 511 g/mol. The second-order valence-corrected chi connectivity index (χ2v) is 10.0. The van der Waals surface area contributed by atoms with Crippen molar-refractivity contribution in [3.05, 3.63) is 100 Å². The van der Waals surface area contributed by atoms with E-state index < -0.39 is 7.12 Å². The van der Waals surface area contributed by atoms with Gasteiger partial charge in [-0.05, 0) is 43.1 Å². The summed E-state index contributed by atoms with van der Waals surface area (Å²) >= 11 is 1.54. The molecular formula is C29H28BN2O4S+. The van der Waals surface area contributed by atoms with Gasteiger partial charge in [-0.3, -0.25) is 4.79 Å². The maximum Gasteiger partial charge on any atom is 0.488 e. The number of allylic oxidation sites excluding steroid dienone is 2. The van der Waals surface area contributed by atoms with Gasteiger partial charge >= 0.3 is 7.12 Å². The molecule has 0 amide bonds. The Morgan fingerprint density at radius 2 is 1.70 bits per heavy atom. The molecule has 0 atom stereocenters. The third-order valence-corrected chi connectivity index (χ3v) is 7.85. The minimum absolute atomic E-state index is 0.00926. The van der Waals surface area contributed by atoms with Crippen LogP contribution in [0.1, 0.15) is 30.0 Å². The smallest absolute Gasteiger partial charge is 0.488 e. The fourth-order valence-corrected chi connectivity index (χ4v) is 5.84. The summed E-state index contributed by atoms with van der Waals surface area (Å²) in [6.45, 7) is 6.48. The Labute approximate surface area is 220 Å². The van der Waals surface area contributed by atoms with Crippen LogP contribution in [-0.2, 0) is 11.3 Å². The number of ketones is 1. The number of Topliss-reactive ketones (excluding diaryl/α,β-unsaturated/α-hetero) is 1.